The van der Waals surface area contributed by atoms with Gasteiger partial charge in [0.25, 0.3) is 5.91 Å². The third-order valence-electron chi connectivity index (χ3n) is 3.18. The zero-order valence-corrected chi connectivity index (χ0v) is 12.4. The van der Waals surface area contributed by atoms with E-state index in [0.29, 0.717) is 5.69 Å². The predicted molar refractivity (Wildman–Crippen MR) is 83.3 cm³/mol. The minimum atomic E-state index is -0.617. The maximum absolute atomic E-state index is 13.4. The van der Waals surface area contributed by atoms with Gasteiger partial charge in [-0.2, -0.15) is 0 Å². The second-order valence-electron chi connectivity index (χ2n) is 5.03. The minimum Gasteiger partial charge on any atom is -0.343 e. The normalized spacial score (nSPS) is 10.1. The van der Waals surface area contributed by atoms with Crippen molar-refractivity contribution < 1.29 is 14.0 Å². The highest BCUT2D eigenvalue weighted by atomic mass is 19.1. The number of benzene rings is 2. The molecule has 0 bridgehead atoms. The molecule has 0 aromatic heterocycles. The Bertz CT molecular complexity index is 714. The van der Waals surface area contributed by atoms with Crippen LogP contribution in [0.15, 0.2) is 42.5 Å². The first-order valence-corrected chi connectivity index (χ1v) is 6.87. The molecule has 0 spiro atoms. The van der Waals surface area contributed by atoms with Crippen molar-refractivity contribution in [1.82, 2.24) is 5.32 Å². The quantitative estimate of drug-likeness (QED) is 0.912. The number of hydrogen-bond acceptors (Lipinski definition) is 2. The fraction of sp³-hybridized carbons (Fsp3) is 0.176. The first kappa shape index (κ1) is 15.7. The van der Waals surface area contributed by atoms with E-state index in [1.807, 2.05) is 26.0 Å². The highest BCUT2D eigenvalue weighted by Crippen LogP contribution is 2.15. The van der Waals surface area contributed by atoms with Gasteiger partial charge in [-0.05, 0) is 37.6 Å². The molecule has 0 unspecified atom stereocenters. The van der Waals surface area contributed by atoms with Gasteiger partial charge in [0.15, 0.2) is 0 Å². The lowest BCUT2D eigenvalue weighted by Crippen LogP contribution is -2.33. The van der Waals surface area contributed by atoms with Gasteiger partial charge < -0.3 is 10.6 Å². The molecule has 0 radical (unpaired) electrons. The van der Waals surface area contributed by atoms with E-state index in [1.54, 1.807) is 12.1 Å². The Labute approximate surface area is 128 Å². The van der Waals surface area contributed by atoms with Crippen molar-refractivity contribution in [2.24, 2.45) is 0 Å². The van der Waals surface area contributed by atoms with Gasteiger partial charge in [0, 0.05) is 5.69 Å². The summed E-state index contributed by atoms with van der Waals surface area (Å²) in [5.41, 5.74) is 2.65. The summed E-state index contributed by atoms with van der Waals surface area (Å²) in [7, 11) is 0. The van der Waals surface area contributed by atoms with Crippen LogP contribution in [0.1, 0.15) is 21.5 Å². The molecule has 0 aliphatic rings. The van der Waals surface area contributed by atoms with Crippen LogP contribution in [0.4, 0.5) is 10.1 Å². The molecule has 114 valence electrons. The van der Waals surface area contributed by atoms with Gasteiger partial charge in [0.05, 0.1) is 12.1 Å². The Morgan fingerprint density at radius 1 is 1.09 bits per heavy atom. The number of carbonyl (C=O) groups excluding carboxylic acids is 2. The van der Waals surface area contributed by atoms with E-state index in [1.165, 1.54) is 18.2 Å². The molecule has 2 rings (SSSR count). The molecular weight excluding hydrogens is 283 g/mol. The summed E-state index contributed by atoms with van der Waals surface area (Å²) in [6.07, 6.45) is 0. The average molecular weight is 300 g/mol. The highest BCUT2D eigenvalue weighted by molar-refractivity contribution is 5.99. The summed E-state index contributed by atoms with van der Waals surface area (Å²) in [5.74, 6) is -1.60. The number of rotatable bonds is 4. The van der Waals surface area contributed by atoms with Crippen molar-refractivity contribution in [3.8, 4) is 0 Å². The summed E-state index contributed by atoms with van der Waals surface area (Å²) in [4.78, 5) is 23.7. The maximum Gasteiger partial charge on any atom is 0.254 e. The van der Waals surface area contributed by atoms with Crippen molar-refractivity contribution in [2.45, 2.75) is 13.8 Å². The molecule has 2 aromatic rings. The molecule has 22 heavy (non-hydrogen) atoms. The zero-order chi connectivity index (χ0) is 16.1. The molecule has 4 nitrogen and oxygen atoms in total. The summed E-state index contributed by atoms with van der Waals surface area (Å²) in [6.45, 7) is 3.63. The van der Waals surface area contributed by atoms with Crippen LogP contribution in [0.5, 0.6) is 0 Å². The molecular formula is C17H17FN2O2. The maximum atomic E-state index is 13.4. The van der Waals surface area contributed by atoms with Crippen LogP contribution >= 0.6 is 0 Å². The molecule has 2 amide bonds. The second kappa shape index (κ2) is 6.85. The van der Waals surface area contributed by atoms with Crippen molar-refractivity contribution in [2.75, 3.05) is 11.9 Å². The molecule has 0 fully saturated rings. The zero-order valence-electron chi connectivity index (χ0n) is 12.4. The summed E-state index contributed by atoms with van der Waals surface area (Å²) >= 11 is 0. The van der Waals surface area contributed by atoms with Crippen molar-refractivity contribution in [1.29, 1.82) is 0 Å². The Hall–Kier alpha value is -2.69. The van der Waals surface area contributed by atoms with Crippen LogP contribution in [0, 0.1) is 19.7 Å². The van der Waals surface area contributed by atoms with Crippen molar-refractivity contribution in [3.63, 3.8) is 0 Å². The Morgan fingerprint density at radius 2 is 1.82 bits per heavy atom. The SMILES string of the molecule is Cc1ccc(NC(=O)CNC(=O)c2ccccc2F)c(C)c1. The number of halogens is 1. The van der Waals surface area contributed by atoms with Crippen LogP contribution in [-0.4, -0.2) is 18.4 Å². The highest BCUT2D eigenvalue weighted by Gasteiger charge is 2.12. The van der Waals surface area contributed by atoms with Gasteiger partial charge in [-0.3, -0.25) is 9.59 Å². The summed E-state index contributed by atoms with van der Waals surface area (Å²) in [5, 5.41) is 5.11. The number of nitrogens with one attached hydrogen (secondary N) is 2. The first-order chi connectivity index (χ1) is 10.5. The van der Waals surface area contributed by atoms with E-state index in [0.717, 1.165) is 11.1 Å². The lowest BCUT2D eigenvalue weighted by atomic mass is 10.1. The first-order valence-electron chi connectivity index (χ1n) is 6.87. The standard InChI is InChI=1S/C17H17FN2O2/c1-11-7-8-15(12(2)9-11)20-16(21)10-19-17(22)13-5-3-4-6-14(13)18/h3-9H,10H2,1-2H3,(H,19,22)(H,20,21). The topological polar surface area (TPSA) is 58.2 Å². The minimum absolute atomic E-state index is 0.0817. The molecule has 0 saturated heterocycles. The van der Waals surface area contributed by atoms with Crippen LogP contribution < -0.4 is 10.6 Å². The van der Waals surface area contributed by atoms with E-state index in [4.69, 9.17) is 0 Å². The fourth-order valence-electron chi connectivity index (χ4n) is 2.05. The van der Waals surface area contributed by atoms with Gasteiger partial charge in [-0.15, -0.1) is 0 Å². The second-order valence-corrected chi connectivity index (χ2v) is 5.03. The largest absolute Gasteiger partial charge is 0.343 e. The Morgan fingerprint density at radius 3 is 2.50 bits per heavy atom. The molecule has 2 aromatic carbocycles. The van der Waals surface area contributed by atoms with Gasteiger partial charge in [-0.1, -0.05) is 29.8 Å². The van der Waals surface area contributed by atoms with Crippen LogP contribution in [0.25, 0.3) is 0 Å². The third-order valence-corrected chi connectivity index (χ3v) is 3.18. The lowest BCUT2D eigenvalue weighted by Gasteiger charge is -2.10. The molecule has 0 atom stereocenters. The summed E-state index contributed by atoms with van der Waals surface area (Å²) < 4.78 is 13.4. The fourth-order valence-corrected chi connectivity index (χ4v) is 2.05. The number of amides is 2. The lowest BCUT2D eigenvalue weighted by molar-refractivity contribution is -0.115. The number of anilines is 1. The van der Waals surface area contributed by atoms with Crippen molar-refractivity contribution in [3.05, 3.63) is 65.0 Å². The van der Waals surface area contributed by atoms with E-state index in [-0.39, 0.29) is 18.0 Å². The van der Waals surface area contributed by atoms with Crippen LogP contribution in [-0.2, 0) is 4.79 Å². The van der Waals surface area contributed by atoms with Crippen molar-refractivity contribution >= 4 is 17.5 Å². The molecule has 0 saturated carbocycles. The number of hydrogen-bond donors (Lipinski definition) is 2. The van der Waals surface area contributed by atoms with Gasteiger partial charge >= 0.3 is 0 Å². The monoisotopic (exact) mass is 300 g/mol. The van der Waals surface area contributed by atoms with E-state index >= 15 is 0 Å². The van der Waals surface area contributed by atoms with E-state index in [9.17, 15) is 14.0 Å². The summed E-state index contributed by atoms with van der Waals surface area (Å²) in [6, 6.07) is 11.3. The molecule has 0 aliphatic carbocycles. The van der Waals surface area contributed by atoms with E-state index < -0.39 is 11.7 Å². The van der Waals surface area contributed by atoms with Crippen LogP contribution in [0.2, 0.25) is 0 Å². The van der Waals surface area contributed by atoms with Gasteiger partial charge in [-0.25, -0.2) is 4.39 Å². The molecule has 0 heterocycles. The Balaban J connectivity index is 1.93. The Kier molecular flexibility index (Phi) is 4.88. The third kappa shape index (κ3) is 3.91. The predicted octanol–water partition coefficient (Wildman–Crippen LogP) is 2.81. The average Bonchev–Trinajstić information content (AvgIpc) is 2.48. The van der Waals surface area contributed by atoms with Crippen LogP contribution in [0.3, 0.4) is 0 Å². The van der Waals surface area contributed by atoms with E-state index in [2.05, 4.69) is 10.6 Å². The number of carbonyl (C=O) groups is 2. The molecule has 0 aliphatic heterocycles. The smallest absolute Gasteiger partial charge is 0.254 e. The molecule has 2 N–H and O–H groups in total. The van der Waals surface area contributed by atoms with Gasteiger partial charge in [0.1, 0.15) is 5.82 Å². The van der Waals surface area contributed by atoms with Gasteiger partial charge in [0.2, 0.25) is 5.91 Å². The molecule has 5 heteroatoms. The number of aryl methyl sites for hydroxylation is 2.